The molecule has 0 radical (unpaired) electrons. The number of cyclic esters (lactones) is 1. The molecule has 5 atom stereocenters. The largest absolute Gasteiger partial charge is 0.504 e. The summed E-state index contributed by atoms with van der Waals surface area (Å²) in [5.74, 6) is -22.0. The van der Waals surface area contributed by atoms with Crippen LogP contribution < -0.4 is 0 Å². The lowest BCUT2D eigenvalue weighted by atomic mass is 9.90. The summed E-state index contributed by atoms with van der Waals surface area (Å²) in [7, 11) is 0. The van der Waals surface area contributed by atoms with Gasteiger partial charge in [-0.15, -0.1) is 0 Å². The van der Waals surface area contributed by atoms with Crippen molar-refractivity contribution in [2.45, 2.75) is 30.7 Å². The molecule has 3 aliphatic heterocycles. The molecule has 4 aromatic rings. The van der Waals surface area contributed by atoms with Crippen LogP contribution in [0.5, 0.6) is 69.0 Å². The molecule has 4 aromatic carbocycles. The summed E-state index contributed by atoms with van der Waals surface area (Å²) < 4.78 is 27.2. The average Bonchev–Trinajstić information content (AvgIpc) is 3.15. The van der Waals surface area contributed by atoms with E-state index in [0.717, 1.165) is 0 Å². The maximum atomic E-state index is 14.0. The fourth-order valence-electron chi connectivity index (χ4n) is 6.40. The van der Waals surface area contributed by atoms with Gasteiger partial charge < -0.3 is 90.1 Å². The number of aromatic hydroxyl groups is 12. The van der Waals surface area contributed by atoms with Gasteiger partial charge in [-0.3, -0.25) is 0 Å². The van der Waals surface area contributed by atoms with Crippen LogP contribution in [-0.2, 0) is 23.7 Å². The van der Waals surface area contributed by atoms with E-state index in [1.54, 1.807) is 0 Å². The van der Waals surface area contributed by atoms with Crippen LogP contribution in [0.25, 0.3) is 22.3 Å². The monoisotopic (exact) mass is 784 g/mol. The van der Waals surface area contributed by atoms with Gasteiger partial charge in [-0.25, -0.2) is 19.2 Å². The minimum Gasteiger partial charge on any atom is -0.504 e. The van der Waals surface area contributed by atoms with Crippen molar-refractivity contribution in [3.8, 4) is 91.2 Å². The van der Waals surface area contributed by atoms with Crippen LogP contribution in [-0.4, -0.2) is 128 Å². The number of benzene rings is 4. The zero-order valence-electron chi connectivity index (χ0n) is 27.4. The average molecular weight is 785 g/mol. The van der Waals surface area contributed by atoms with Gasteiger partial charge in [-0.1, -0.05) is 0 Å². The maximum absolute atomic E-state index is 14.0. The van der Waals surface area contributed by atoms with Crippen molar-refractivity contribution < 1.29 is 109 Å². The Hall–Kier alpha value is -7.72. The fraction of sp³-hybridized carbons (Fsp3) is 0.176. The van der Waals surface area contributed by atoms with Crippen LogP contribution in [0.3, 0.4) is 0 Å². The number of aliphatic hydroxyl groups excluding tert-OH is 1. The minimum absolute atomic E-state index is 0.447. The molecule has 22 nitrogen and oxygen atoms in total. The number of hydrogen-bond acceptors (Lipinski definition) is 22. The molecule has 13 N–H and O–H groups in total. The third kappa shape index (κ3) is 5.34. The highest BCUT2D eigenvalue weighted by Gasteiger charge is 2.53. The molecular weight excluding hydrogens is 760 g/mol. The summed E-state index contributed by atoms with van der Waals surface area (Å²) in [4.78, 5) is 55.2. The van der Waals surface area contributed by atoms with Crippen LogP contribution in [0.4, 0.5) is 0 Å². The molecule has 3 heterocycles. The second kappa shape index (κ2) is 12.7. The first-order valence-electron chi connectivity index (χ1n) is 15.6. The number of hydrogen-bond donors (Lipinski definition) is 13. The molecule has 0 aromatic heterocycles. The highest BCUT2D eigenvalue weighted by Crippen LogP contribution is 2.55. The third-order valence-corrected chi connectivity index (χ3v) is 9.10. The van der Waals surface area contributed by atoms with Gasteiger partial charge in [0.05, 0.1) is 22.3 Å². The molecule has 0 unspecified atom stereocenters. The van der Waals surface area contributed by atoms with Gasteiger partial charge in [0, 0.05) is 22.3 Å². The van der Waals surface area contributed by atoms with Crippen molar-refractivity contribution in [3.05, 3.63) is 46.5 Å². The number of carbonyl (C=O) groups excluding carboxylic acids is 4. The van der Waals surface area contributed by atoms with E-state index in [0.29, 0.717) is 24.3 Å². The Balaban J connectivity index is 1.44. The number of phenolic OH excluding ortho intramolecular Hbond substituents is 12. The summed E-state index contributed by atoms with van der Waals surface area (Å²) in [5.41, 5.74) is -7.84. The van der Waals surface area contributed by atoms with Crippen LogP contribution in [0.1, 0.15) is 41.4 Å². The number of ether oxygens (including phenoxy) is 5. The first-order chi connectivity index (χ1) is 26.3. The number of phenols is 12. The molecule has 7 rings (SSSR count). The van der Waals surface area contributed by atoms with Gasteiger partial charge >= 0.3 is 23.9 Å². The second-order valence-corrected chi connectivity index (χ2v) is 12.3. The lowest BCUT2D eigenvalue weighted by Crippen LogP contribution is -2.62. The van der Waals surface area contributed by atoms with Crippen LogP contribution in [0, 0.1) is 0 Å². The Bertz CT molecular complexity index is 2420. The van der Waals surface area contributed by atoms with E-state index < -0.39 is 175 Å². The predicted molar refractivity (Wildman–Crippen MR) is 173 cm³/mol. The number of carbonyl (C=O) groups is 4. The van der Waals surface area contributed by atoms with E-state index in [2.05, 4.69) is 0 Å². The molecule has 22 heteroatoms. The zero-order valence-corrected chi connectivity index (χ0v) is 27.4. The molecule has 0 spiro atoms. The second-order valence-electron chi connectivity index (χ2n) is 12.3. The van der Waals surface area contributed by atoms with E-state index in [9.17, 15) is 85.6 Å². The topological polar surface area (TPSA) is 377 Å². The normalized spacial score (nSPS) is 21.8. The minimum atomic E-state index is -2.38. The smallest absolute Gasteiger partial charge is 0.341 e. The highest BCUT2D eigenvalue weighted by molar-refractivity contribution is 6.10. The standard InChI is InChI=1S/C34H24O22/c35-10-1-6-15(24(44)19(10)39)18-9(4-13(38)22(42)27(18)47)33(51)56-34-29-28(23(43)14(53-34)5-52-30(6)48)54-31(49)7-2-11(36)20(40)25(45)16(7)17-8(32(50)55-29)3-12(37)21(41)26(17)46/h1-4,14,23,28-29,34-47H,5H2/t14-,23-,28-,29-,34+/m0/s1. The third-order valence-electron chi connectivity index (χ3n) is 9.10. The van der Waals surface area contributed by atoms with Gasteiger partial charge in [0.2, 0.25) is 35.4 Å². The molecule has 0 aliphatic carbocycles. The molecule has 1 saturated heterocycles. The summed E-state index contributed by atoms with van der Waals surface area (Å²) in [6, 6.07) is 1.93. The van der Waals surface area contributed by atoms with E-state index >= 15 is 0 Å². The van der Waals surface area contributed by atoms with E-state index in [4.69, 9.17) is 23.7 Å². The molecule has 56 heavy (non-hydrogen) atoms. The van der Waals surface area contributed by atoms with Crippen LogP contribution in [0.15, 0.2) is 24.3 Å². The Kier molecular flexibility index (Phi) is 8.31. The summed E-state index contributed by atoms with van der Waals surface area (Å²) in [6.07, 6.45) is -11.1. The van der Waals surface area contributed by atoms with Crippen LogP contribution in [0.2, 0.25) is 0 Å². The van der Waals surface area contributed by atoms with Gasteiger partial charge in [0.25, 0.3) is 0 Å². The Morgan fingerprint density at radius 2 is 0.750 bits per heavy atom. The molecule has 1 fully saturated rings. The van der Waals surface area contributed by atoms with Gasteiger partial charge in [0.1, 0.15) is 18.8 Å². The van der Waals surface area contributed by atoms with Crippen molar-refractivity contribution in [2.75, 3.05) is 6.61 Å². The highest BCUT2D eigenvalue weighted by atomic mass is 16.7. The van der Waals surface area contributed by atoms with Crippen molar-refractivity contribution >= 4 is 23.9 Å². The van der Waals surface area contributed by atoms with E-state index in [1.807, 2.05) is 0 Å². The Labute approximate surface area is 308 Å². The molecule has 0 amide bonds. The molecule has 3 aliphatic rings. The van der Waals surface area contributed by atoms with Gasteiger partial charge in [-0.05, 0) is 24.3 Å². The van der Waals surface area contributed by atoms with E-state index in [1.165, 1.54) is 0 Å². The molecular formula is C34H24O22. The number of esters is 4. The summed E-state index contributed by atoms with van der Waals surface area (Å²) >= 11 is 0. The summed E-state index contributed by atoms with van der Waals surface area (Å²) in [5, 5.41) is 137. The fourth-order valence-corrected chi connectivity index (χ4v) is 6.40. The molecule has 292 valence electrons. The number of rotatable bonds is 0. The predicted octanol–water partition coefficient (Wildman–Crippen LogP) is 0.665. The van der Waals surface area contributed by atoms with Crippen molar-refractivity contribution in [1.29, 1.82) is 0 Å². The lowest BCUT2D eigenvalue weighted by Gasteiger charge is -2.43. The van der Waals surface area contributed by atoms with Crippen molar-refractivity contribution in [3.63, 3.8) is 0 Å². The molecule has 0 saturated carbocycles. The Morgan fingerprint density at radius 1 is 0.429 bits per heavy atom. The zero-order chi connectivity index (χ0) is 40.8. The first kappa shape index (κ1) is 36.6. The molecule has 2 bridgehead atoms. The Morgan fingerprint density at radius 3 is 1.12 bits per heavy atom. The summed E-state index contributed by atoms with van der Waals surface area (Å²) in [6.45, 7) is -1.08. The SMILES string of the molecule is O=C1OC[C@@H]2O[C@H](OC(=O)c3cc(O)c(O)c(O)c3-c3c1cc(O)c(O)c3O)[C@H]1OC(=O)c3cc(O)c(O)c(O)c3-c3c(cc(O)c(O)c3O)C(=O)O[C@H]1[C@H]2O. The van der Waals surface area contributed by atoms with Crippen molar-refractivity contribution in [2.24, 2.45) is 0 Å². The lowest BCUT2D eigenvalue weighted by molar-refractivity contribution is -0.283. The maximum Gasteiger partial charge on any atom is 0.341 e. The van der Waals surface area contributed by atoms with Gasteiger partial charge in [-0.2, -0.15) is 0 Å². The van der Waals surface area contributed by atoms with E-state index in [-0.39, 0.29) is 0 Å². The first-order valence-corrected chi connectivity index (χ1v) is 15.6. The number of fused-ring (bicyclic) bond motifs is 10. The van der Waals surface area contributed by atoms with Crippen molar-refractivity contribution in [1.82, 2.24) is 0 Å². The number of aliphatic hydroxyl groups is 1. The van der Waals surface area contributed by atoms with Crippen LogP contribution >= 0.6 is 0 Å². The van der Waals surface area contributed by atoms with Gasteiger partial charge in [0.15, 0.2) is 52.1 Å². The quantitative estimate of drug-likeness (QED) is 0.0661.